The number of esters is 1. The maximum absolute atomic E-state index is 13.7. The predicted molar refractivity (Wildman–Crippen MR) is 88.0 cm³/mol. The molecule has 3 rings (SSSR count). The van der Waals surface area contributed by atoms with Gasteiger partial charge in [-0.15, -0.1) is 0 Å². The highest BCUT2D eigenvalue weighted by Crippen LogP contribution is 2.43. The van der Waals surface area contributed by atoms with E-state index in [0.717, 1.165) is 16.8 Å². The molecule has 0 aliphatic heterocycles. The summed E-state index contributed by atoms with van der Waals surface area (Å²) >= 11 is 0. The molecule has 1 N–H and O–H groups in total. The minimum Gasteiger partial charge on any atom is -0.463 e. The van der Waals surface area contributed by atoms with Crippen LogP contribution in [0, 0.1) is 0 Å². The van der Waals surface area contributed by atoms with E-state index in [1.807, 2.05) is 12.1 Å². The van der Waals surface area contributed by atoms with Gasteiger partial charge in [-0.25, -0.2) is 4.79 Å². The lowest BCUT2D eigenvalue weighted by molar-refractivity contribution is -0.267. The minimum absolute atomic E-state index is 0.147. The van der Waals surface area contributed by atoms with Crippen LogP contribution < -0.4 is 0 Å². The summed E-state index contributed by atoms with van der Waals surface area (Å²) in [6.07, 6.45) is -5.22. The van der Waals surface area contributed by atoms with Crippen LogP contribution in [-0.4, -0.2) is 23.9 Å². The number of halogens is 3. The Morgan fingerprint density at radius 2 is 1.64 bits per heavy atom. The zero-order valence-electron chi connectivity index (χ0n) is 13.3. The molecule has 25 heavy (non-hydrogen) atoms. The van der Waals surface area contributed by atoms with E-state index in [1.165, 1.54) is 19.1 Å². The molecule has 0 aromatic heterocycles. The van der Waals surface area contributed by atoms with E-state index >= 15 is 0 Å². The maximum atomic E-state index is 13.7. The van der Waals surface area contributed by atoms with Gasteiger partial charge < -0.3 is 9.84 Å². The predicted octanol–water partition coefficient (Wildman–Crippen LogP) is 4.31. The third-order valence-corrected chi connectivity index (χ3v) is 4.16. The molecule has 0 aliphatic carbocycles. The molecule has 1 unspecified atom stereocenters. The molecule has 130 valence electrons. The number of ether oxygens (including phenoxy) is 1. The molecule has 0 aliphatic rings. The SMILES string of the molecule is CCOC(=O)C(O)(c1cccc2c1ccc1ccccc12)C(F)(F)F. The fraction of sp³-hybridized carbons (Fsp3) is 0.211. The Labute approximate surface area is 141 Å². The lowest BCUT2D eigenvalue weighted by atomic mass is 9.87. The first-order valence-corrected chi connectivity index (χ1v) is 7.68. The molecule has 0 saturated heterocycles. The van der Waals surface area contributed by atoms with E-state index in [-0.39, 0.29) is 12.0 Å². The van der Waals surface area contributed by atoms with Crippen molar-refractivity contribution in [2.45, 2.75) is 18.7 Å². The molecular weight excluding hydrogens is 333 g/mol. The number of benzene rings is 3. The van der Waals surface area contributed by atoms with Crippen LogP contribution in [-0.2, 0) is 15.1 Å². The number of carbonyl (C=O) groups is 1. The van der Waals surface area contributed by atoms with Crippen molar-refractivity contribution in [1.82, 2.24) is 0 Å². The van der Waals surface area contributed by atoms with E-state index in [0.29, 0.717) is 5.39 Å². The van der Waals surface area contributed by atoms with Crippen molar-refractivity contribution in [1.29, 1.82) is 0 Å². The first kappa shape index (κ1) is 17.2. The van der Waals surface area contributed by atoms with Crippen molar-refractivity contribution in [3.63, 3.8) is 0 Å². The molecule has 3 nitrogen and oxygen atoms in total. The van der Waals surface area contributed by atoms with Crippen LogP contribution >= 0.6 is 0 Å². The van der Waals surface area contributed by atoms with Gasteiger partial charge in [0.05, 0.1) is 6.61 Å². The smallest absolute Gasteiger partial charge is 0.432 e. The van der Waals surface area contributed by atoms with Gasteiger partial charge in [0, 0.05) is 5.56 Å². The second kappa shape index (κ2) is 6.04. The lowest BCUT2D eigenvalue weighted by Gasteiger charge is -2.29. The number of rotatable bonds is 3. The number of hydrogen-bond acceptors (Lipinski definition) is 3. The zero-order valence-corrected chi connectivity index (χ0v) is 13.3. The van der Waals surface area contributed by atoms with Gasteiger partial charge in [0.15, 0.2) is 0 Å². The molecule has 3 aromatic rings. The molecule has 0 saturated carbocycles. The van der Waals surface area contributed by atoms with Crippen LogP contribution in [0.5, 0.6) is 0 Å². The number of carbonyl (C=O) groups excluding carboxylic acids is 1. The highest BCUT2D eigenvalue weighted by Gasteiger charge is 2.62. The number of aliphatic hydroxyl groups is 1. The second-order valence-corrected chi connectivity index (χ2v) is 5.62. The van der Waals surface area contributed by atoms with Crippen molar-refractivity contribution in [3.8, 4) is 0 Å². The standard InChI is InChI=1S/C19H15F3O3/c1-2-25-17(23)18(24,19(20,21)22)16-9-5-8-14-13-7-4-3-6-12(13)10-11-15(14)16/h3-11,24H,2H2,1H3. The van der Waals surface area contributed by atoms with E-state index < -0.39 is 23.3 Å². The highest BCUT2D eigenvalue weighted by atomic mass is 19.4. The molecule has 0 amide bonds. The summed E-state index contributed by atoms with van der Waals surface area (Å²) in [7, 11) is 0. The molecule has 1 atom stereocenters. The highest BCUT2D eigenvalue weighted by molar-refractivity contribution is 6.09. The minimum atomic E-state index is -5.22. The molecule has 0 fully saturated rings. The van der Waals surface area contributed by atoms with Crippen molar-refractivity contribution in [2.75, 3.05) is 6.61 Å². The third kappa shape index (κ3) is 2.62. The molecule has 0 radical (unpaired) electrons. The fourth-order valence-electron chi connectivity index (χ4n) is 2.97. The summed E-state index contributed by atoms with van der Waals surface area (Å²) in [5.74, 6) is -1.73. The van der Waals surface area contributed by atoms with Crippen molar-refractivity contribution >= 4 is 27.5 Å². The van der Waals surface area contributed by atoms with Crippen molar-refractivity contribution < 1.29 is 27.8 Å². The average molecular weight is 348 g/mol. The van der Waals surface area contributed by atoms with E-state index in [2.05, 4.69) is 4.74 Å². The van der Waals surface area contributed by atoms with Gasteiger partial charge >= 0.3 is 12.1 Å². The van der Waals surface area contributed by atoms with Gasteiger partial charge in [-0.2, -0.15) is 13.2 Å². The first-order chi connectivity index (χ1) is 11.8. The summed E-state index contributed by atoms with van der Waals surface area (Å²) < 4.78 is 45.5. The Bertz CT molecular complexity index is 949. The summed E-state index contributed by atoms with van der Waals surface area (Å²) in [6.45, 7) is 1.11. The van der Waals surface area contributed by atoms with Gasteiger partial charge in [-0.3, -0.25) is 0 Å². The van der Waals surface area contributed by atoms with Gasteiger partial charge in [0.1, 0.15) is 0 Å². The Balaban J connectivity index is 2.36. The Kier molecular flexibility index (Phi) is 4.16. The molecule has 6 heteroatoms. The quantitative estimate of drug-likeness (QED) is 0.567. The van der Waals surface area contributed by atoms with Crippen LogP contribution in [0.15, 0.2) is 54.6 Å². The van der Waals surface area contributed by atoms with Crippen molar-refractivity contribution in [3.05, 3.63) is 60.2 Å². The number of hydrogen-bond donors (Lipinski definition) is 1. The summed E-state index contributed by atoms with van der Waals surface area (Å²) in [5, 5.41) is 12.6. The van der Waals surface area contributed by atoms with Gasteiger partial charge in [0.2, 0.25) is 0 Å². The normalized spacial score (nSPS) is 14.4. The fourth-order valence-corrected chi connectivity index (χ4v) is 2.97. The molecule has 0 bridgehead atoms. The van der Waals surface area contributed by atoms with E-state index in [1.54, 1.807) is 24.3 Å². The summed E-state index contributed by atoms with van der Waals surface area (Å²) in [5.41, 5.74) is -4.27. The largest absolute Gasteiger partial charge is 0.463 e. The Morgan fingerprint density at radius 3 is 2.32 bits per heavy atom. The second-order valence-electron chi connectivity index (χ2n) is 5.62. The first-order valence-electron chi connectivity index (χ1n) is 7.68. The summed E-state index contributed by atoms with van der Waals surface area (Å²) in [4.78, 5) is 12.0. The van der Waals surface area contributed by atoms with Crippen LogP contribution in [0.3, 0.4) is 0 Å². The van der Waals surface area contributed by atoms with Crippen molar-refractivity contribution in [2.24, 2.45) is 0 Å². The monoisotopic (exact) mass is 348 g/mol. The lowest BCUT2D eigenvalue weighted by Crippen LogP contribution is -2.50. The molecular formula is C19H15F3O3. The Morgan fingerprint density at radius 1 is 0.960 bits per heavy atom. The number of alkyl halides is 3. The van der Waals surface area contributed by atoms with Gasteiger partial charge in [-0.05, 0) is 28.5 Å². The van der Waals surface area contributed by atoms with Gasteiger partial charge in [0.25, 0.3) is 5.60 Å². The van der Waals surface area contributed by atoms with Crippen LogP contribution in [0.25, 0.3) is 21.5 Å². The van der Waals surface area contributed by atoms with Crippen LogP contribution in [0.2, 0.25) is 0 Å². The molecule has 3 aromatic carbocycles. The zero-order chi connectivity index (χ0) is 18.2. The van der Waals surface area contributed by atoms with Gasteiger partial charge in [-0.1, -0.05) is 54.6 Å². The van der Waals surface area contributed by atoms with Crippen LogP contribution in [0.1, 0.15) is 12.5 Å². The number of fused-ring (bicyclic) bond motifs is 3. The average Bonchev–Trinajstić information content (AvgIpc) is 2.59. The van der Waals surface area contributed by atoms with E-state index in [4.69, 9.17) is 0 Å². The topological polar surface area (TPSA) is 46.5 Å². The third-order valence-electron chi connectivity index (χ3n) is 4.16. The van der Waals surface area contributed by atoms with E-state index in [9.17, 15) is 23.1 Å². The summed E-state index contributed by atoms with van der Waals surface area (Å²) in [6, 6.07) is 14.5. The molecule has 0 heterocycles. The molecule has 0 spiro atoms. The Hall–Kier alpha value is -2.60. The maximum Gasteiger partial charge on any atom is 0.432 e. The van der Waals surface area contributed by atoms with Crippen LogP contribution in [0.4, 0.5) is 13.2 Å².